The lowest BCUT2D eigenvalue weighted by atomic mass is 10.3. The SMILES string of the molecule is C/C=C/CCOc1ccccc1. The summed E-state index contributed by atoms with van der Waals surface area (Å²) in [7, 11) is 0. The van der Waals surface area contributed by atoms with Gasteiger partial charge in [0.2, 0.25) is 0 Å². The van der Waals surface area contributed by atoms with Crippen molar-refractivity contribution in [3.63, 3.8) is 0 Å². The number of para-hydroxylation sites is 1. The van der Waals surface area contributed by atoms with E-state index >= 15 is 0 Å². The maximum Gasteiger partial charge on any atom is 0.119 e. The zero-order chi connectivity index (χ0) is 8.65. The summed E-state index contributed by atoms with van der Waals surface area (Å²) < 4.78 is 5.46. The molecular formula is C11H14O. The minimum Gasteiger partial charge on any atom is -0.493 e. The Hall–Kier alpha value is -1.24. The monoisotopic (exact) mass is 162 g/mol. The predicted octanol–water partition coefficient (Wildman–Crippen LogP) is 3.03. The Morgan fingerprint density at radius 2 is 2.00 bits per heavy atom. The molecule has 0 aliphatic carbocycles. The highest BCUT2D eigenvalue weighted by molar-refractivity contribution is 5.20. The van der Waals surface area contributed by atoms with E-state index in [1.54, 1.807) is 0 Å². The van der Waals surface area contributed by atoms with Gasteiger partial charge in [-0.2, -0.15) is 0 Å². The van der Waals surface area contributed by atoms with Crippen LogP contribution in [0.2, 0.25) is 0 Å². The fraction of sp³-hybridized carbons (Fsp3) is 0.273. The number of hydrogen-bond acceptors (Lipinski definition) is 1. The molecule has 0 saturated carbocycles. The minimum atomic E-state index is 0.758. The van der Waals surface area contributed by atoms with Gasteiger partial charge in [0.25, 0.3) is 0 Å². The summed E-state index contributed by atoms with van der Waals surface area (Å²) in [6.07, 6.45) is 5.11. The van der Waals surface area contributed by atoms with Crippen molar-refractivity contribution in [1.82, 2.24) is 0 Å². The number of benzene rings is 1. The summed E-state index contributed by atoms with van der Waals surface area (Å²) in [6.45, 7) is 2.77. The second-order valence-corrected chi connectivity index (χ2v) is 2.52. The normalized spacial score (nSPS) is 10.4. The summed E-state index contributed by atoms with van der Waals surface area (Å²) in [6, 6.07) is 9.88. The van der Waals surface area contributed by atoms with Crippen LogP contribution in [0, 0.1) is 0 Å². The number of ether oxygens (including phenoxy) is 1. The Bertz CT molecular complexity index is 226. The van der Waals surface area contributed by atoms with E-state index < -0.39 is 0 Å². The van der Waals surface area contributed by atoms with Crippen LogP contribution in [0.3, 0.4) is 0 Å². The van der Waals surface area contributed by atoms with Crippen LogP contribution in [0.1, 0.15) is 13.3 Å². The van der Waals surface area contributed by atoms with Crippen molar-refractivity contribution in [1.29, 1.82) is 0 Å². The van der Waals surface area contributed by atoms with E-state index in [0.717, 1.165) is 18.8 Å². The van der Waals surface area contributed by atoms with Crippen molar-refractivity contribution in [2.24, 2.45) is 0 Å². The molecule has 0 heterocycles. The van der Waals surface area contributed by atoms with E-state index in [2.05, 4.69) is 6.08 Å². The predicted molar refractivity (Wildman–Crippen MR) is 51.4 cm³/mol. The van der Waals surface area contributed by atoms with E-state index in [4.69, 9.17) is 4.74 Å². The molecule has 1 nitrogen and oxygen atoms in total. The van der Waals surface area contributed by atoms with Crippen molar-refractivity contribution in [3.05, 3.63) is 42.5 Å². The van der Waals surface area contributed by atoms with Crippen LogP contribution >= 0.6 is 0 Å². The third-order valence-electron chi connectivity index (χ3n) is 1.53. The fourth-order valence-electron chi connectivity index (χ4n) is 0.928. The number of allylic oxidation sites excluding steroid dienone is 1. The lowest BCUT2D eigenvalue weighted by molar-refractivity contribution is 0.325. The Morgan fingerprint density at radius 1 is 1.25 bits per heavy atom. The Morgan fingerprint density at radius 3 is 2.67 bits per heavy atom. The van der Waals surface area contributed by atoms with Crippen LogP contribution < -0.4 is 4.74 Å². The molecule has 1 aromatic carbocycles. The van der Waals surface area contributed by atoms with E-state index in [1.165, 1.54) is 0 Å². The maximum atomic E-state index is 5.46. The van der Waals surface area contributed by atoms with Gasteiger partial charge in [0.1, 0.15) is 5.75 Å². The van der Waals surface area contributed by atoms with Crippen LogP contribution in [0.5, 0.6) is 5.75 Å². The average molecular weight is 162 g/mol. The van der Waals surface area contributed by atoms with Crippen LogP contribution in [-0.2, 0) is 0 Å². The van der Waals surface area contributed by atoms with Gasteiger partial charge in [0.15, 0.2) is 0 Å². The van der Waals surface area contributed by atoms with Crippen LogP contribution in [0.15, 0.2) is 42.5 Å². The topological polar surface area (TPSA) is 9.23 Å². The first-order valence-electron chi connectivity index (χ1n) is 4.22. The molecule has 0 N–H and O–H groups in total. The maximum absolute atomic E-state index is 5.46. The van der Waals surface area contributed by atoms with Gasteiger partial charge in [-0.15, -0.1) is 0 Å². The van der Waals surface area contributed by atoms with E-state index in [0.29, 0.717) is 0 Å². The fourth-order valence-corrected chi connectivity index (χ4v) is 0.928. The molecule has 0 aliphatic rings. The summed E-state index contributed by atoms with van der Waals surface area (Å²) in [5.41, 5.74) is 0. The molecule has 0 aromatic heterocycles. The van der Waals surface area contributed by atoms with Gasteiger partial charge >= 0.3 is 0 Å². The molecule has 12 heavy (non-hydrogen) atoms. The molecule has 0 amide bonds. The molecule has 0 bridgehead atoms. The van der Waals surface area contributed by atoms with E-state index in [-0.39, 0.29) is 0 Å². The first kappa shape index (κ1) is 8.85. The Balaban J connectivity index is 2.24. The molecule has 0 aliphatic heterocycles. The van der Waals surface area contributed by atoms with Gasteiger partial charge < -0.3 is 4.74 Å². The zero-order valence-corrected chi connectivity index (χ0v) is 7.36. The molecule has 0 saturated heterocycles. The van der Waals surface area contributed by atoms with Crippen molar-refractivity contribution in [2.75, 3.05) is 6.61 Å². The molecule has 0 radical (unpaired) electrons. The van der Waals surface area contributed by atoms with Gasteiger partial charge in [0.05, 0.1) is 6.61 Å². The summed E-state index contributed by atoms with van der Waals surface area (Å²) in [4.78, 5) is 0. The third kappa shape index (κ3) is 3.24. The van der Waals surface area contributed by atoms with Crippen molar-refractivity contribution in [3.8, 4) is 5.75 Å². The zero-order valence-electron chi connectivity index (χ0n) is 7.36. The van der Waals surface area contributed by atoms with Crippen molar-refractivity contribution < 1.29 is 4.74 Å². The quantitative estimate of drug-likeness (QED) is 0.488. The van der Waals surface area contributed by atoms with Crippen molar-refractivity contribution in [2.45, 2.75) is 13.3 Å². The standard InChI is InChI=1S/C11H14O/c1-2-3-7-10-12-11-8-5-4-6-9-11/h2-6,8-9H,7,10H2,1H3/b3-2+. The molecule has 0 atom stereocenters. The first-order valence-corrected chi connectivity index (χ1v) is 4.22. The van der Waals surface area contributed by atoms with Gasteiger partial charge in [0, 0.05) is 0 Å². The molecule has 0 unspecified atom stereocenters. The minimum absolute atomic E-state index is 0.758. The highest BCUT2D eigenvalue weighted by Gasteiger charge is 1.87. The van der Waals surface area contributed by atoms with Crippen LogP contribution in [-0.4, -0.2) is 6.61 Å². The molecule has 0 spiro atoms. The number of hydrogen-bond donors (Lipinski definition) is 0. The highest BCUT2D eigenvalue weighted by atomic mass is 16.5. The summed E-state index contributed by atoms with van der Waals surface area (Å²) in [5, 5.41) is 0. The molecule has 0 fully saturated rings. The average Bonchev–Trinajstić information content (AvgIpc) is 2.14. The third-order valence-corrected chi connectivity index (χ3v) is 1.53. The molecule has 64 valence electrons. The first-order chi connectivity index (χ1) is 5.93. The largest absolute Gasteiger partial charge is 0.493 e. The van der Waals surface area contributed by atoms with Crippen molar-refractivity contribution >= 4 is 0 Å². The molecule has 1 heteroatoms. The molecule has 1 rings (SSSR count). The molecule has 1 aromatic rings. The number of rotatable bonds is 4. The lowest BCUT2D eigenvalue weighted by Crippen LogP contribution is -1.94. The van der Waals surface area contributed by atoms with Crippen LogP contribution in [0.4, 0.5) is 0 Å². The van der Waals surface area contributed by atoms with Gasteiger partial charge in [-0.05, 0) is 25.5 Å². The second-order valence-electron chi connectivity index (χ2n) is 2.52. The van der Waals surface area contributed by atoms with Gasteiger partial charge in [-0.3, -0.25) is 0 Å². The summed E-state index contributed by atoms with van der Waals surface area (Å²) >= 11 is 0. The van der Waals surface area contributed by atoms with Crippen LogP contribution in [0.25, 0.3) is 0 Å². The van der Waals surface area contributed by atoms with E-state index in [1.807, 2.05) is 43.3 Å². The van der Waals surface area contributed by atoms with E-state index in [9.17, 15) is 0 Å². The van der Waals surface area contributed by atoms with Gasteiger partial charge in [-0.1, -0.05) is 30.4 Å². The smallest absolute Gasteiger partial charge is 0.119 e. The molecular weight excluding hydrogens is 148 g/mol. The summed E-state index contributed by atoms with van der Waals surface area (Å²) in [5.74, 6) is 0.946. The Kier molecular flexibility index (Phi) is 4.00. The second kappa shape index (κ2) is 5.42. The Labute approximate surface area is 73.7 Å². The van der Waals surface area contributed by atoms with Gasteiger partial charge in [-0.25, -0.2) is 0 Å². The highest BCUT2D eigenvalue weighted by Crippen LogP contribution is 2.08. The lowest BCUT2D eigenvalue weighted by Gasteiger charge is -2.02.